The Bertz CT molecular complexity index is 1000. The molecule has 1 N–H and O–H groups in total. The van der Waals surface area contributed by atoms with E-state index in [4.69, 9.17) is 4.74 Å². The summed E-state index contributed by atoms with van der Waals surface area (Å²) in [6.45, 7) is 7.28. The van der Waals surface area contributed by atoms with Gasteiger partial charge in [-0.3, -0.25) is 9.59 Å². The molecule has 3 rings (SSSR count). The molecule has 0 fully saturated rings. The van der Waals surface area contributed by atoms with Crippen molar-refractivity contribution in [2.24, 2.45) is 0 Å². The Kier molecular flexibility index (Phi) is 7.49. The zero-order valence-corrected chi connectivity index (χ0v) is 18.5. The summed E-state index contributed by atoms with van der Waals surface area (Å²) in [7, 11) is 0. The molecule has 0 aromatic heterocycles. The highest BCUT2D eigenvalue weighted by Gasteiger charge is 2.22. The molecule has 31 heavy (non-hydrogen) atoms. The van der Waals surface area contributed by atoms with Crippen LogP contribution in [0.1, 0.15) is 56.7 Å². The molecule has 1 aliphatic heterocycles. The Morgan fingerprint density at radius 3 is 2.48 bits per heavy atom. The minimum atomic E-state index is -0.329. The Balaban J connectivity index is 1.64. The van der Waals surface area contributed by atoms with Crippen LogP contribution in [0.25, 0.3) is 0 Å². The van der Waals surface area contributed by atoms with Crippen molar-refractivity contribution in [1.82, 2.24) is 5.32 Å². The average Bonchev–Trinajstić information content (AvgIpc) is 2.74. The van der Waals surface area contributed by atoms with Crippen LogP contribution in [0.15, 0.2) is 48.5 Å². The molecule has 0 spiro atoms. The third-order valence-corrected chi connectivity index (χ3v) is 5.32. The minimum Gasteiger partial charge on any atom is -0.376 e. The predicted octanol–water partition coefficient (Wildman–Crippen LogP) is 4.03. The molecule has 1 heterocycles. The quantitative estimate of drug-likeness (QED) is 0.659. The number of carbonyl (C=O) groups excluding carboxylic acids is 2. The van der Waals surface area contributed by atoms with Crippen LogP contribution in [0, 0.1) is 11.8 Å². The summed E-state index contributed by atoms with van der Waals surface area (Å²) in [4.78, 5) is 27.1. The minimum absolute atomic E-state index is 0.0408. The first kappa shape index (κ1) is 22.6. The highest BCUT2D eigenvalue weighted by molar-refractivity contribution is 5.95. The molecule has 1 aliphatic rings. The molecule has 2 amide bonds. The summed E-state index contributed by atoms with van der Waals surface area (Å²) < 4.78 is 5.63. The first-order chi connectivity index (χ1) is 14.9. The fraction of sp³-hybridized carbons (Fsp3) is 0.385. The van der Waals surface area contributed by atoms with Crippen molar-refractivity contribution in [2.75, 3.05) is 18.1 Å². The van der Waals surface area contributed by atoms with Crippen molar-refractivity contribution in [1.29, 1.82) is 0 Å². The maximum absolute atomic E-state index is 13.1. The van der Waals surface area contributed by atoms with Gasteiger partial charge in [-0.25, -0.2) is 0 Å². The lowest BCUT2D eigenvalue weighted by atomic mass is 10.0. The average molecular weight is 419 g/mol. The summed E-state index contributed by atoms with van der Waals surface area (Å²) in [5.74, 6) is 6.31. The molecular weight excluding hydrogens is 388 g/mol. The molecule has 0 saturated carbocycles. The second kappa shape index (κ2) is 10.3. The number of carbonyl (C=O) groups is 2. The molecule has 5 heteroatoms. The fourth-order valence-electron chi connectivity index (χ4n) is 3.62. The normalized spacial score (nSPS) is 12.5. The van der Waals surface area contributed by atoms with Crippen molar-refractivity contribution >= 4 is 17.5 Å². The van der Waals surface area contributed by atoms with Crippen molar-refractivity contribution < 1.29 is 14.3 Å². The number of rotatable bonds is 8. The Morgan fingerprint density at radius 2 is 1.71 bits per heavy atom. The van der Waals surface area contributed by atoms with E-state index in [0.717, 1.165) is 22.4 Å². The van der Waals surface area contributed by atoms with E-state index >= 15 is 0 Å². The van der Waals surface area contributed by atoms with E-state index in [1.54, 1.807) is 4.90 Å². The summed E-state index contributed by atoms with van der Waals surface area (Å²) >= 11 is 0. The molecule has 0 unspecified atom stereocenters. The lowest BCUT2D eigenvalue weighted by molar-refractivity contribution is -0.123. The van der Waals surface area contributed by atoms with Gasteiger partial charge in [-0.05, 0) is 51.0 Å². The largest absolute Gasteiger partial charge is 0.376 e. The summed E-state index contributed by atoms with van der Waals surface area (Å²) in [5.41, 5.74) is 3.25. The van der Waals surface area contributed by atoms with Crippen molar-refractivity contribution in [3.8, 4) is 11.8 Å². The standard InChI is InChI=1S/C26H30N2O3/c1-4-31-26(2,3)17-15-24(29)27-18-16-25(30)28-19-22-11-6-5-9-20(22)13-14-21-10-7-8-12-23(21)28/h5-12H,4,15-19H2,1-3H3,(H,27,29). The number of nitrogens with one attached hydrogen (secondary N) is 1. The van der Waals surface area contributed by atoms with Gasteiger partial charge in [0.05, 0.1) is 17.8 Å². The van der Waals surface area contributed by atoms with Crippen LogP contribution >= 0.6 is 0 Å². The monoisotopic (exact) mass is 418 g/mol. The second-order valence-corrected chi connectivity index (χ2v) is 8.20. The van der Waals surface area contributed by atoms with Crippen LogP contribution in [0.3, 0.4) is 0 Å². The highest BCUT2D eigenvalue weighted by atomic mass is 16.5. The maximum Gasteiger partial charge on any atom is 0.229 e. The smallest absolute Gasteiger partial charge is 0.229 e. The molecule has 0 aliphatic carbocycles. The summed E-state index contributed by atoms with van der Waals surface area (Å²) in [6, 6.07) is 15.6. The van der Waals surface area contributed by atoms with Crippen LogP contribution in [0.5, 0.6) is 0 Å². The number of anilines is 1. The molecule has 0 saturated heterocycles. The molecule has 0 radical (unpaired) electrons. The van der Waals surface area contributed by atoms with E-state index in [1.807, 2.05) is 69.3 Å². The van der Waals surface area contributed by atoms with Gasteiger partial charge in [-0.2, -0.15) is 0 Å². The van der Waals surface area contributed by atoms with Crippen LogP contribution in [-0.4, -0.2) is 30.6 Å². The van der Waals surface area contributed by atoms with Crippen LogP contribution < -0.4 is 10.2 Å². The number of fused-ring (bicyclic) bond motifs is 2. The number of benzene rings is 2. The topological polar surface area (TPSA) is 58.6 Å². The van der Waals surface area contributed by atoms with Gasteiger partial charge in [0.2, 0.25) is 11.8 Å². The molecular formula is C26H30N2O3. The zero-order chi connectivity index (χ0) is 22.3. The van der Waals surface area contributed by atoms with Crippen molar-refractivity contribution in [2.45, 2.75) is 52.2 Å². The molecule has 162 valence electrons. The van der Waals surface area contributed by atoms with Crippen LogP contribution in [0.2, 0.25) is 0 Å². The fourth-order valence-corrected chi connectivity index (χ4v) is 3.62. The van der Waals surface area contributed by atoms with E-state index in [9.17, 15) is 9.59 Å². The number of ether oxygens (including phenoxy) is 1. The van der Waals surface area contributed by atoms with Crippen molar-refractivity contribution in [3.63, 3.8) is 0 Å². The number of hydrogen-bond donors (Lipinski definition) is 1. The Hall–Kier alpha value is -3.10. The predicted molar refractivity (Wildman–Crippen MR) is 123 cm³/mol. The first-order valence-corrected chi connectivity index (χ1v) is 10.8. The highest BCUT2D eigenvalue weighted by Crippen LogP contribution is 2.25. The molecule has 2 aromatic carbocycles. The van der Waals surface area contributed by atoms with Gasteiger partial charge >= 0.3 is 0 Å². The van der Waals surface area contributed by atoms with E-state index < -0.39 is 0 Å². The van der Waals surface area contributed by atoms with Gasteiger partial charge in [0.15, 0.2) is 0 Å². The summed E-state index contributed by atoms with van der Waals surface area (Å²) in [6.07, 6.45) is 1.23. The van der Waals surface area contributed by atoms with Crippen LogP contribution in [0.4, 0.5) is 5.69 Å². The zero-order valence-electron chi connectivity index (χ0n) is 18.5. The lowest BCUT2D eigenvalue weighted by Gasteiger charge is -2.26. The third-order valence-electron chi connectivity index (χ3n) is 5.32. The molecule has 0 bridgehead atoms. The maximum atomic E-state index is 13.1. The Morgan fingerprint density at radius 1 is 1.03 bits per heavy atom. The first-order valence-electron chi connectivity index (χ1n) is 10.8. The van der Waals surface area contributed by atoms with E-state index in [-0.39, 0.29) is 23.8 Å². The van der Waals surface area contributed by atoms with Gasteiger partial charge in [-0.1, -0.05) is 42.2 Å². The van der Waals surface area contributed by atoms with Gasteiger partial charge in [-0.15, -0.1) is 0 Å². The van der Waals surface area contributed by atoms with E-state index in [2.05, 4.69) is 17.2 Å². The molecule has 0 atom stereocenters. The van der Waals surface area contributed by atoms with Gasteiger partial charge in [0.1, 0.15) is 0 Å². The lowest BCUT2D eigenvalue weighted by Crippen LogP contribution is -2.35. The number of amides is 2. The van der Waals surface area contributed by atoms with E-state index in [1.165, 1.54) is 0 Å². The van der Waals surface area contributed by atoms with Gasteiger partial charge in [0.25, 0.3) is 0 Å². The molecule has 2 aromatic rings. The third kappa shape index (κ3) is 6.19. The SMILES string of the molecule is CCOC(C)(C)CCC(=O)NCCC(=O)N1Cc2ccccc2C#Cc2ccccc21. The number of nitrogens with zero attached hydrogens (tertiary/aromatic N) is 1. The van der Waals surface area contributed by atoms with Gasteiger partial charge in [0, 0.05) is 37.1 Å². The Labute approximate surface area is 184 Å². The van der Waals surface area contributed by atoms with Crippen LogP contribution in [-0.2, 0) is 20.9 Å². The number of para-hydroxylation sites is 1. The summed E-state index contributed by atoms with van der Waals surface area (Å²) in [5, 5.41) is 2.87. The van der Waals surface area contributed by atoms with E-state index in [0.29, 0.717) is 32.5 Å². The van der Waals surface area contributed by atoms with Gasteiger partial charge < -0.3 is 15.0 Å². The molecule has 5 nitrogen and oxygen atoms in total. The second-order valence-electron chi connectivity index (χ2n) is 8.20. The number of hydrogen-bond acceptors (Lipinski definition) is 3. The van der Waals surface area contributed by atoms with Crippen molar-refractivity contribution in [3.05, 3.63) is 65.2 Å².